The van der Waals surface area contributed by atoms with E-state index < -0.39 is 0 Å². The average Bonchev–Trinajstić information content (AvgIpc) is 2.62. The number of hydrogen-bond donors (Lipinski definition) is 2. The van der Waals surface area contributed by atoms with E-state index in [9.17, 15) is 9.59 Å². The minimum absolute atomic E-state index is 0.00214. The molecular formula is C20H29N3O2. The molecular weight excluding hydrogens is 314 g/mol. The summed E-state index contributed by atoms with van der Waals surface area (Å²) in [5.41, 5.74) is 1.25. The predicted molar refractivity (Wildman–Crippen MR) is 99.6 cm³/mol. The molecule has 2 N–H and O–H groups in total. The maximum Gasteiger partial charge on any atom is 0.251 e. The van der Waals surface area contributed by atoms with Crippen molar-refractivity contribution in [1.29, 1.82) is 0 Å². The van der Waals surface area contributed by atoms with Crippen LogP contribution in [0.4, 0.5) is 5.69 Å². The maximum absolute atomic E-state index is 12.4. The summed E-state index contributed by atoms with van der Waals surface area (Å²) < 4.78 is 0. The van der Waals surface area contributed by atoms with E-state index >= 15 is 0 Å². The van der Waals surface area contributed by atoms with Crippen molar-refractivity contribution in [3.05, 3.63) is 29.8 Å². The molecule has 3 rings (SSSR count). The zero-order valence-electron chi connectivity index (χ0n) is 15.1. The Morgan fingerprint density at radius 2 is 1.96 bits per heavy atom. The molecule has 1 aliphatic carbocycles. The van der Waals surface area contributed by atoms with Crippen LogP contribution in [0.15, 0.2) is 24.3 Å². The molecule has 2 fully saturated rings. The van der Waals surface area contributed by atoms with Crippen LogP contribution < -0.4 is 10.6 Å². The number of fused-ring (bicyclic) bond motifs is 1. The lowest BCUT2D eigenvalue weighted by Crippen LogP contribution is -2.44. The van der Waals surface area contributed by atoms with E-state index in [0.717, 1.165) is 24.9 Å². The molecule has 0 unspecified atom stereocenters. The molecule has 1 aromatic carbocycles. The Morgan fingerprint density at radius 1 is 1.16 bits per heavy atom. The van der Waals surface area contributed by atoms with E-state index in [1.165, 1.54) is 32.1 Å². The quantitative estimate of drug-likeness (QED) is 0.864. The summed E-state index contributed by atoms with van der Waals surface area (Å²) in [4.78, 5) is 26.6. The van der Waals surface area contributed by atoms with Gasteiger partial charge < -0.3 is 10.6 Å². The summed E-state index contributed by atoms with van der Waals surface area (Å²) >= 11 is 0. The van der Waals surface area contributed by atoms with Gasteiger partial charge in [0.05, 0.1) is 6.54 Å². The number of amides is 2. The summed E-state index contributed by atoms with van der Waals surface area (Å²) in [6.07, 6.45) is 6.64. The first-order chi connectivity index (χ1) is 12.2. The van der Waals surface area contributed by atoms with Gasteiger partial charge in [-0.25, -0.2) is 0 Å². The van der Waals surface area contributed by atoms with Gasteiger partial charge in [0.2, 0.25) is 5.91 Å². The van der Waals surface area contributed by atoms with E-state index in [0.29, 0.717) is 24.3 Å². The van der Waals surface area contributed by atoms with Gasteiger partial charge in [0.15, 0.2) is 0 Å². The van der Waals surface area contributed by atoms with E-state index in [1.807, 2.05) is 13.0 Å². The van der Waals surface area contributed by atoms with Gasteiger partial charge >= 0.3 is 0 Å². The standard InChI is InChI=1S/C20H29N3O2/c1-2-21-20(25)16-8-5-9-18(12-16)22-19(24)14-23-11-10-15-6-3-4-7-17(15)13-23/h5,8-9,12,15,17H,2-4,6-7,10-11,13-14H2,1H3,(H,21,25)(H,22,24)/t15-,17-/m1/s1. The average molecular weight is 343 g/mol. The van der Waals surface area contributed by atoms with E-state index in [4.69, 9.17) is 0 Å². The number of piperidine rings is 1. The fourth-order valence-electron chi connectivity index (χ4n) is 4.22. The summed E-state index contributed by atoms with van der Waals surface area (Å²) in [7, 11) is 0. The molecule has 136 valence electrons. The van der Waals surface area contributed by atoms with Gasteiger partial charge in [0.1, 0.15) is 0 Å². The van der Waals surface area contributed by atoms with Crippen LogP contribution in [0.3, 0.4) is 0 Å². The minimum atomic E-state index is -0.113. The normalized spacial score (nSPS) is 23.6. The van der Waals surface area contributed by atoms with Crippen LogP contribution in [0.25, 0.3) is 0 Å². The lowest BCUT2D eigenvalue weighted by Gasteiger charge is -2.41. The van der Waals surface area contributed by atoms with Gasteiger partial charge in [-0.15, -0.1) is 0 Å². The third-order valence-electron chi connectivity index (χ3n) is 5.49. The number of carbonyl (C=O) groups is 2. The second kappa shape index (κ2) is 8.48. The molecule has 2 amide bonds. The smallest absolute Gasteiger partial charge is 0.251 e. The van der Waals surface area contributed by atoms with Gasteiger partial charge in [-0.1, -0.05) is 25.3 Å². The van der Waals surface area contributed by atoms with Crippen molar-refractivity contribution in [1.82, 2.24) is 10.2 Å². The summed E-state index contributed by atoms with van der Waals surface area (Å²) in [6, 6.07) is 7.12. The number of nitrogens with zero attached hydrogens (tertiary/aromatic N) is 1. The first-order valence-corrected chi connectivity index (χ1v) is 9.56. The maximum atomic E-state index is 12.4. The number of rotatable bonds is 5. The van der Waals surface area contributed by atoms with Crippen LogP contribution in [0, 0.1) is 11.8 Å². The molecule has 0 aromatic heterocycles. The van der Waals surface area contributed by atoms with Crippen molar-refractivity contribution in [3.8, 4) is 0 Å². The molecule has 1 aromatic rings. The fourth-order valence-corrected chi connectivity index (χ4v) is 4.22. The zero-order chi connectivity index (χ0) is 17.6. The number of benzene rings is 1. The molecule has 1 saturated heterocycles. The van der Waals surface area contributed by atoms with Crippen LogP contribution >= 0.6 is 0 Å². The SMILES string of the molecule is CCNC(=O)c1cccc(NC(=O)CN2CC[C@H]3CCCC[C@@H]3C2)c1. The molecule has 25 heavy (non-hydrogen) atoms. The molecule has 0 spiro atoms. The first kappa shape index (κ1) is 17.9. The van der Waals surface area contributed by atoms with Gasteiger partial charge in [-0.3, -0.25) is 14.5 Å². The third kappa shape index (κ3) is 4.82. The fraction of sp³-hybridized carbons (Fsp3) is 0.600. The van der Waals surface area contributed by atoms with Crippen LogP contribution in [-0.2, 0) is 4.79 Å². The second-order valence-corrected chi connectivity index (χ2v) is 7.32. The van der Waals surface area contributed by atoms with Gasteiger partial charge in [0.25, 0.3) is 5.91 Å². The minimum Gasteiger partial charge on any atom is -0.352 e. The number of nitrogens with one attached hydrogen (secondary N) is 2. The summed E-state index contributed by atoms with van der Waals surface area (Å²) in [6.45, 7) is 4.99. The van der Waals surface area contributed by atoms with Gasteiger partial charge in [0, 0.05) is 24.3 Å². The molecule has 5 heteroatoms. The van der Waals surface area contributed by atoms with E-state index in [2.05, 4.69) is 15.5 Å². The number of anilines is 1. The van der Waals surface area contributed by atoms with Crippen LogP contribution in [0.5, 0.6) is 0 Å². The summed E-state index contributed by atoms with van der Waals surface area (Å²) in [5, 5.41) is 5.71. The Balaban J connectivity index is 1.52. The van der Waals surface area contributed by atoms with Crippen molar-refractivity contribution in [3.63, 3.8) is 0 Å². The Morgan fingerprint density at radius 3 is 2.76 bits per heavy atom. The highest BCUT2D eigenvalue weighted by Gasteiger charge is 2.31. The lowest BCUT2D eigenvalue weighted by molar-refractivity contribution is -0.118. The number of likely N-dealkylation sites (tertiary alicyclic amines) is 1. The highest BCUT2D eigenvalue weighted by atomic mass is 16.2. The Hall–Kier alpha value is -1.88. The zero-order valence-corrected chi connectivity index (χ0v) is 15.1. The Bertz CT molecular complexity index is 617. The molecule has 2 atom stereocenters. The number of carbonyl (C=O) groups excluding carboxylic acids is 2. The monoisotopic (exact) mass is 343 g/mol. The highest BCUT2D eigenvalue weighted by molar-refractivity contribution is 5.97. The summed E-state index contributed by atoms with van der Waals surface area (Å²) in [5.74, 6) is 1.54. The molecule has 0 bridgehead atoms. The predicted octanol–water partition coefficient (Wildman–Crippen LogP) is 2.89. The molecule has 0 radical (unpaired) electrons. The molecule has 5 nitrogen and oxygen atoms in total. The van der Waals surface area contributed by atoms with Crippen molar-refractivity contribution in [2.45, 2.75) is 39.0 Å². The van der Waals surface area contributed by atoms with Crippen LogP contribution in [0.2, 0.25) is 0 Å². The molecule has 1 saturated carbocycles. The van der Waals surface area contributed by atoms with Gasteiger partial charge in [-0.2, -0.15) is 0 Å². The van der Waals surface area contributed by atoms with Crippen LogP contribution in [-0.4, -0.2) is 42.9 Å². The highest BCUT2D eigenvalue weighted by Crippen LogP contribution is 2.35. The van der Waals surface area contributed by atoms with Gasteiger partial charge in [-0.05, 0) is 56.3 Å². The molecule has 2 aliphatic rings. The van der Waals surface area contributed by atoms with Crippen molar-refractivity contribution >= 4 is 17.5 Å². The molecule has 1 heterocycles. The second-order valence-electron chi connectivity index (χ2n) is 7.32. The Labute approximate surface area is 150 Å². The van der Waals surface area contributed by atoms with Crippen molar-refractivity contribution in [2.75, 3.05) is 31.5 Å². The lowest BCUT2D eigenvalue weighted by atomic mass is 9.75. The topological polar surface area (TPSA) is 61.4 Å². The van der Waals surface area contributed by atoms with Crippen molar-refractivity contribution in [2.24, 2.45) is 11.8 Å². The van der Waals surface area contributed by atoms with Crippen LogP contribution in [0.1, 0.15) is 49.4 Å². The van der Waals surface area contributed by atoms with Crippen molar-refractivity contribution < 1.29 is 9.59 Å². The van der Waals surface area contributed by atoms with E-state index in [1.54, 1.807) is 18.2 Å². The Kier molecular flexibility index (Phi) is 6.08. The third-order valence-corrected chi connectivity index (χ3v) is 5.49. The molecule has 1 aliphatic heterocycles. The largest absolute Gasteiger partial charge is 0.352 e. The number of hydrogen-bond acceptors (Lipinski definition) is 3. The van der Waals surface area contributed by atoms with E-state index in [-0.39, 0.29) is 11.8 Å². The first-order valence-electron chi connectivity index (χ1n) is 9.56.